The predicted molar refractivity (Wildman–Crippen MR) is 90.2 cm³/mol. The van der Waals surface area contributed by atoms with Crippen molar-refractivity contribution in [3.05, 3.63) is 63.9 Å². The molecule has 2 N–H and O–H groups in total. The zero-order valence-electron chi connectivity index (χ0n) is 12.0. The number of nitrogens with zero attached hydrogens (tertiary/aromatic N) is 2. The molecule has 0 amide bonds. The first-order valence-corrected chi connectivity index (χ1v) is 7.93. The highest BCUT2D eigenvalue weighted by atomic mass is 79.9. The minimum Gasteiger partial charge on any atom is -0.328 e. The Morgan fingerprint density at radius 1 is 1.14 bits per heavy atom. The van der Waals surface area contributed by atoms with Crippen LogP contribution in [-0.2, 0) is 19.5 Å². The maximum Gasteiger partial charge on any atom is 0.114 e. The van der Waals surface area contributed by atoms with Crippen molar-refractivity contribution in [1.82, 2.24) is 9.55 Å². The average molecular weight is 344 g/mol. The summed E-state index contributed by atoms with van der Waals surface area (Å²) in [5, 5.41) is 0. The number of fused-ring (bicyclic) bond motifs is 1. The number of benzene rings is 2. The van der Waals surface area contributed by atoms with Crippen molar-refractivity contribution >= 4 is 27.0 Å². The molecule has 0 saturated heterocycles. The van der Waals surface area contributed by atoms with Gasteiger partial charge in [0.1, 0.15) is 5.82 Å². The van der Waals surface area contributed by atoms with Crippen molar-refractivity contribution in [2.75, 3.05) is 0 Å². The summed E-state index contributed by atoms with van der Waals surface area (Å²) in [6.45, 7) is 3.63. The van der Waals surface area contributed by atoms with Gasteiger partial charge < -0.3 is 10.3 Å². The minimum atomic E-state index is 0.551. The van der Waals surface area contributed by atoms with Crippen LogP contribution in [0.3, 0.4) is 0 Å². The maximum atomic E-state index is 5.72. The Labute approximate surface area is 132 Å². The van der Waals surface area contributed by atoms with Gasteiger partial charge in [-0.15, -0.1) is 0 Å². The lowest BCUT2D eigenvalue weighted by Gasteiger charge is -2.06. The lowest BCUT2D eigenvalue weighted by molar-refractivity contribution is 0.733. The molecule has 0 aliphatic rings. The highest BCUT2D eigenvalue weighted by Gasteiger charge is 2.10. The molecule has 1 heterocycles. The molecule has 0 saturated carbocycles. The van der Waals surface area contributed by atoms with Crippen molar-refractivity contribution in [3.63, 3.8) is 0 Å². The van der Waals surface area contributed by atoms with Gasteiger partial charge in [-0.1, -0.05) is 34.1 Å². The van der Waals surface area contributed by atoms with Crippen molar-refractivity contribution in [3.8, 4) is 0 Å². The highest BCUT2D eigenvalue weighted by molar-refractivity contribution is 9.10. The Hall–Kier alpha value is -1.65. The quantitative estimate of drug-likeness (QED) is 0.781. The van der Waals surface area contributed by atoms with Gasteiger partial charge >= 0.3 is 0 Å². The molecule has 0 aliphatic carbocycles. The Morgan fingerprint density at radius 2 is 2.00 bits per heavy atom. The highest BCUT2D eigenvalue weighted by Crippen LogP contribution is 2.21. The molecule has 21 heavy (non-hydrogen) atoms. The van der Waals surface area contributed by atoms with Gasteiger partial charge in [-0.05, 0) is 42.3 Å². The molecule has 3 aromatic rings. The first kappa shape index (κ1) is 14.3. The lowest BCUT2D eigenvalue weighted by atomic mass is 10.1. The van der Waals surface area contributed by atoms with Crippen LogP contribution < -0.4 is 5.73 Å². The van der Waals surface area contributed by atoms with Gasteiger partial charge in [0.05, 0.1) is 11.0 Å². The van der Waals surface area contributed by atoms with E-state index in [1.54, 1.807) is 0 Å². The van der Waals surface area contributed by atoms with Crippen LogP contribution in [0.1, 0.15) is 23.9 Å². The van der Waals surface area contributed by atoms with Crippen LogP contribution in [-0.4, -0.2) is 9.55 Å². The Balaban J connectivity index is 2.05. The van der Waals surface area contributed by atoms with Gasteiger partial charge in [0.2, 0.25) is 0 Å². The van der Waals surface area contributed by atoms with E-state index in [0.717, 1.165) is 34.3 Å². The summed E-state index contributed by atoms with van der Waals surface area (Å²) < 4.78 is 3.38. The molecule has 0 unspecified atom stereocenters. The molecule has 1 aromatic heterocycles. The van der Waals surface area contributed by atoms with Gasteiger partial charge in [-0.25, -0.2) is 4.98 Å². The van der Waals surface area contributed by atoms with Gasteiger partial charge in [0.15, 0.2) is 0 Å². The zero-order chi connectivity index (χ0) is 14.8. The van der Waals surface area contributed by atoms with Crippen molar-refractivity contribution < 1.29 is 0 Å². The van der Waals surface area contributed by atoms with Crippen molar-refractivity contribution in [2.24, 2.45) is 5.73 Å². The Bertz CT molecular complexity index is 777. The van der Waals surface area contributed by atoms with E-state index in [0.29, 0.717) is 6.54 Å². The van der Waals surface area contributed by atoms with Crippen LogP contribution in [0.25, 0.3) is 11.0 Å². The van der Waals surface area contributed by atoms with E-state index in [1.807, 2.05) is 6.07 Å². The molecule has 3 rings (SSSR count). The molecule has 0 atom stereocenters. The molecule has 4 heteroatoms. The third kappa shape index (κ3) is 2.87. The molecule has 3 nitrogen and oxygen atoms in total. The molecular formula is C17H18BrN3. The van der Waals surface area contributed by atoms with Crippen LogP contribution in [0.4, 0.5) is 0 Å². The molecular weight excluding hydrogens is 326 g/mol. The molecule has 0 spiro atoms. The number of aromatic nitrogens is 2. The van der Waals surface area contributed by atoms with Gasteiger partial charge in [-0.2, -0.15) is 0 Å². The summed E-state index contributed by atoms with van der Waals surface area (Å²) >= 11 is 3.52. The van der Waals surface area contributed by atoms with E-state index in [1.165, 1.54) is 11.1 Å². The van der Waals surface area contributed by atoms with Crippen LogP contribution in [0, 0.1) is 0 Å². The standard InChI is InChI=1S/C17H18BrN3/c1-2-21-16-7-6-13(11-19)9-15(16)20-17(21)10-12-4-3-5-14(18)8-12/h3-9H,2,10-11,19H2,1H3. The molecule has 0 fully saturated rings. The first-order chi connectivity index (χ1) is 10.2. The number of halogens is 1. The second kappa shape index (κ2) is 6.00. The topological polar surface area (TPSA) is 43.8 Å². The normalized spacial score (nSPS) is 11.2. The number of imidazole rings is 1. The monoisotopic (exact) mass is 343 g/mol. The van der Waals surface area contributed by atoms with Gasteiger partial charge in [0.25, 0.3) is 0 Å². The second-order valence-corrected chi connectivity index (χ2v) is 6.02. The Morgan fingerprint density at radius 3 is 2.71 bits per heavy atom. The smallest absolute Gasteiger partial charge is 0.114 e. The summed E-state index contributed by atoms with van der Waals surface area (Å²) in [5.74, 6) is 1.10. The summed E-state index contributed by atoms with van der Waals surface area (Å²) in [6, 6.07) is 14.7. The van der Waals surface area contributed by atoms with Crippen molar-refractivity contribution in [1.29, 1.82) is 0 Å². The molecule has 2 aromatic carbocycles. The fourth-order valence-electron chi connectivity index (χ4n) is 2.67. The number of hydrogen-bond acceptors (Lipinski definition) is 2. The third-order valence-corrected chi connectivity index (χ3v) is 4.19. The van der Waals surface area contributed by atoms with Gasteiger partial charge in [-0.3, -0.25) is 0 Å². The SMILES string of the molecule is CCn1c(Cc2cccc(Br)c2)nc2cc(CN)ccc21. The van der Waals surface area contributed by atoms with E-state index in [-0.39, 0.29) is 0 Å². The maximum absolute atomic E-state index is 5.72. The summed E-state index contributed by atoms with van der Waals surface area (Å²) in [5.41, 5.74) is 10.3. The lowest BCUT2D eigenvalue weighted by Crippen LogP contribution is -2.02. The number of hydrogen-bond donors (Lipinski definition) is 1. The predicted octanol–water partition coefficient (Wildman–Crippen LogP) is 3.87. The van der Waals surface area contributed by atoms with Gasteiger partial charge in [0, 0.05) is 24.0 Å². The second-order valence-electron chi connectivity index (χ2n) is 5.11. The number of aryl methyl sites for hydroxylation is 1. The summed E-state index contributed by atoms with van der Waals surface area (Å²) in [4.78, 5) is 4.81. The molecule has 0 aliphatic heterocycles. The first-order valence-electron chi connectivity index (χ1n) is 7.14. The fraction of sp³-hybridized carbons (Fsp3) is 0.235. The van der Waals surface area contributed by atoms with Crippen LogP contribution in [0.5, 0.6) is 0 Å². The molecule has 108 valence electrons. The molecule has 0 bridgehead atoms. The summed E-state index contributed by atoms with van der Waals surface area (Å²) in [7, 11) is 0. The zero-order valence-corrected chi connectivity index (χ0v) is 13.6. The van der Waals surface area contributed by atoms with Crippen LogP contribution in [0.15, 0.2) is 46.9 Å². The molecule has 0 radical (unpaired) electrons. The largest absolute Gasteiger partial charge is 0.328 e. The Kier molecular flexibility index (Phi) is 4.08. The fourth-order valence-corrected chi connectivity index (χ4v) is 3.12. The third-order valence-electron chi connectivity index (χ3n) is 3.69. The van der Waals surface area contributed by atoms with E-state index >= 15 is 0 Å². The van der Waals surface area contributed by atoms with Crippen LogP contribution in [0.2, 0.25) is 0 Å². The van der Waals surface area contributed by atoms with Crippen molar-refractivity contribution in [2.45, 2.75) is 26.4 Å². The van der Waals surface area contributed by atoms with E-state index in [2.05, 4.69) is 63.8 Å². The van der Waals surface area contributed by atoms with E-state index in [4.69, 9.17) is 10.7 Å². The minimum absolute atomic E-state index is 0.551. The number of nitrogens with two attached hydrogens (primary N) is 1. The average Bonchev–Trinajstić information content (AvgIpc) is 2.83. The van der Waals surface area contributed by atoms with Crippen LogP contribution >= 0.6 is 15.9 Å². The van der Waals surface area contributed by atoms with E-state index in [9.17, 15) is 0 Å². The van der Waals surface area contributed by atoms with E-state index < -0.39 is 0 Å². The summed E-state index contributed by atoms with van der Waals surface area (Å²) in [6.07, 6.45) is 0.833. The number of rotatable bonds is 4.